The summed E-state index contributed by atoms with van der Waals surface area (Å²) in [7, 11) is -5.07. The maximum absolute atomic E-state index is 13.4. The van der Waals surface area contributed by atoms with E-state index in [2.05, 4.69) is 20.5 Å². The molecule has 0 aliphatic carbocycles. The zero-order valence-electron chi connectivity index (χ0n) is 16.4. The van der Waals surface area contributed by atoms with Crippen LogP contribution in [-0.4, -0.2) is 11.1 Å². The molecule has 3 rings (SSSR count). The Hall–Kier alpha value is -1.80. The van der Waals surface area contributed by atoms with Gasteiger partial charge in [0.05, 0.1) is 4.47 Å². The molecule has 3 aromatic rings. The van der Waals surface area contributed by atoms with E-state index < -0.39 is 13.8 Å². The topological polar surface area (TPSA) is 46.5 Å². The van der Waals surface area contributed by atoms with E-state index in [9.17, 15) is 27.0 Å². The molecule has 0 amide bonds. The Balaban J connectivity index is 1.75. The minimum atomic E-state index is -5.07. The number of alkyl halides is 2. The maximum Gasteiger partial charge on any atom is 0.442 e. The van der Waals surface area contributed by atoms with Gasteiger partial charge in [-0.2, -0.15) is 8.78 Å². The lowest BCUT2D eigenvalue weighted by molar-refractivity contribution is 0.188. The van der Waals surface area contributed by atoms with Gasteiger partial charge in [-0.1, -0.05) is 30.3 Å². The van der Waals surface area contributed by atoms with Gasteiger partial charge in [0.2, 0.25) is 0 Å². The maximum atomic E-state index is 13.4. The fourth-order valence-corrected chi connectivity index (χ4v) is 5.26. The summed E-state index contributed by atoms with van der Waals surface area (Å²) in [5.41, 5.74) is 2.63. The van der Waals surface area contributed by atoms with Gasteiger partial charge in [-0.15, -0.1) is 11.8 Å². The fourth-order valence-electron chi connectivity index (χ4n) is 2.87. The molecule has 170 valence electrons. The smallest absolute Gasteiger partial charge is 0.420 e. The lowest BCUT2D eigenvalue weighted by atomic mass is 10.0. The molecular weight excluding hydrogens is 531 g/mol. The molecule has 0 fully saturated rings. The van der Waals surface area contributed by atoms with E-state index >= 15 is 0 Å². The zero-order valence-corrected chi connectivity index (χ0v) is 19.7. The van der Waals surface area contributed by atoms with Crippen molar-refractivity contribution in [2.75, 3.05) is 0 Å². The molecule has 10 heteroatoms. The number of hydrogen-bond acceptors (Lipinski definition) is 3. The summed E-state index contributed by atoms with van der Waals surface area (Å²) in [6, 6.07) is 16.9. The average molecular weight is 549 g/mol. The summed E-state index contributed by atoms with van der Waals surface area (Å²) in [6.07, 6.45) is -2.92. The van der Waals surface area contributed by atoms with Crippen molar-refractivity contribution in [3.8, 4) is 5.75 Å². The van der Waals surface area contributed by atoms with E-state index in [4.69, 9.17) is 0 Å². The van der Waals surface area contributed by atoms with Crippen LogP contribution in [0.4, 0.5) is 17.6 Å². The van der Waals surface area contributed by atoms with Crippen molar-refractivity contribution in [2.24, 2.45) is 0 Å². The van der Waals surface area contributed by atoms with E-state index in [0.717, 1.165) is 16.7 Å². The van der Waals surface area contributed by atoms with Gasteiger partial charge >= 0.3 is 13.8 Å². The molecule has 3 aromatic carbocycles. The van der Waals surface area contributed by atoms with Crippen LogP contribution in [0, 0.1) is 11.6 Å². The van der Waals surface area contributed by atoms with Crippen molar-refractivity contribution < 1.29 is 31.5 Å². The summed E-state index contributed by atoms with van der Waals surface area (Å²) in [5, 5.41) is -0.0627. The Kier molecular flexibility index (Phi) is 8.44. The van der Waals surface area contributed by atoms with Crippen molar-refractivity contribution in [2.45, 2.75) is 23.6 Å². The van der Waals surface area contributed by atoms with E-state index in [1.54, 1.807) is 48.2 Å². The molecule has 3 nitrogen and oxygen atoms in total. The average Bonchev–Trinajstić information content (AvgIpc) is 2.75. The molecule has 0 aromatic heterocycles. The molecule has 0 radical (unpaired) electrons. The lowest BCUT2D eigenvalue weighted by Crippen LogP contribution is -2.02. The summed E-state index contributed by atoms with van der Waals surface area (Å²) < 4.78 is 68.1. The van der Waals surface area contributed by atoms with Gasteiger partial charge in [-0.25, -0.2) is 13.3 Å². The molecule has 2 unspecified atom stereocenters. The molecule has 0 aliphatic heterocycles. The minimum absolute atomic E-state index is 0.0627. The molecule has 1 N–H and O–H groups in total. The second-order valence-corrected chi connectivity index (χ2v) is 10.6. The highest BCUT2D eigenvalue weighted by Crippen LogP contribution is 2.50. The highest BCUT2D eigenvalue weighted by Gasteiger charge is 2.34. The van der Waals surface area contributed by atoms with Crippen molar-refractivity contribution >= 4 is 35.3 Å². The van der Waals surface area contributed by atoms with Crippen LogP contribution in [0.25, 0.3) is 0 Å². The summed E-state index contributed by atoms with van der Waals surface area (Å²) in [4.78, 5) is 9.23. The van der Waals surface area contributed by atoms with Gasteiger partial charge in [0, 0.05) is 11.0 Å². The van der Waals surface area contributed by atoms with Crippen molar-refractivity contribution in [3.05, 3.63) is 99.5 Å². The van der Waals surface area contributed by atoms with Gasteiger partial charge in [0.25, 0.3) is 0 Å². The normalized spacial score (nSPS) is 14.2. The predicted molar refractivity (Wildman–Crippen MR) is 121 cm³/mol. The van der Waals surface area contributed by atoms with Gasteiger partial charge in [0.15, 0.2) is 0 Å². The Morgan fingerprint density at radius 1 is 0.938 bits per heavy atom. The highest BCUT2D eigenvalue weighted by molar-refractivity contribution is 9.10. The Morgan fingerprint density at radius 3 is 2.06 bits per heavy atom. The van der Waals surface area contributed by atoms with Crippen molar-refractivity contribution in [1.29, 1.82) is 0 Å². The van der Waals surface area contributed by atoms with E-state index in [0.29, 0.717) is 12.2 Å². The number of benzene rings is 3. The number of halogens is 5. The molecular formula is C22H18BrF4O3PS. The fraction of sp³-hybridized carbons (Fsp3) is 0.182. The van der Waals surface area contributed by atoms with Gasteiger partial charge in [-0.05, 0) is 75.4 Å². The van der Waals surface area contributed by atoms with Crippen LogP contribution < -0.4 is 4.52 Å². The first-order valence-electron chi connectivity index (χ1n) is 9.34. The highest BCUT2D eigenvalue weighted by atomic mass is 79.9. The minimum Gasteiger partial charge on any atom is -0.420 e. The first-order valence-corrected chi connectivity index (χ1v) is 12.8. The van der Waals surface area contributed by atoms with Gasteiger partial charge < -0.3 is 9.42 Å². The first kappa shape index (κ1) is 24.8. The molecule has 0 spiro atoms. The molecule has 0 saturated carbocycles. The number of thioether (sulfide) groups is 1. The van der Waals surface area contributed by atoms with Crippen molar-refractivity contribution in [3.63, 3.8) is 0 Å². The Morgan fingerprint density at radius 2 is 1.50 bits per heavy atom. The van der Waals surface area contributed by atoms with E-state index in [1.807, 2.05) is 0 Å². The van der Waals surface area contributed by atoms with Crippen LogP contribution in [0.1, 0.15) is 21.9 Å². The van der Waals surface area contributed by atoms with Crippen LogP contribution in [0.2, 0.25) is 0 Å². The monoisotopic (exact) mass is 548 g/mol. The molecule has 2 atom stereocenters. The Bertz CT molecular complexity index is 1100. The van der Waals surface area contributed by atoms with Crippen molar-refractivity contribution in [1.82, 2.24) is 0 Å². The second-order valence-electron chi connectivity index (χ2n) is 6.88. The first-order chi connectivity index (χ1) is 15.1. The SMILES string of the molecule is O=P(O)(Oc1ccc(CSC(Cc2ccc(F)cc2)c2ccc(F)cc2)cc1Br)C(F)F. The van der Waals surface area contributed by atoms with Gasteiger partial charge in [0.1, 0.15) is 17.4 Å². The third-order valence-electron chi connectivity index (χ3n) is 4.50. The summed E-state index contributed by atoms with van der Waals surface area (Å²) >= 11 is 4.74. The number of rotatable bonds is 9. The van der Waals surface area contributed by atoms with Crippen LogP contribution in [0.15, 0.2) is 71.2 Å². The predicted octanol–water partition coefficient (Wildman–Crippen LogP) is 7.73. The largest absolute Gasteiger partial charge is 0.442 e. The molecule has 0 bridgehead atoms. The van der Waals surface area contributed by atoms with E-state index in [1.165, 1.54) is 30.3 Å². The molecule has 0 heterocycles. The van der Waals surface area contributed by atoms with Crippen LogP contribution >= 0.6 is 35.3 Å². The van der Waals surface area contributed by atoms with E-state index in [-0.39, 0.29) is 27.1 Å². The quantitative estimate of drug-likeness (QED) is 0.219. The molecule has 0 saturated heterocycles. The third kappa shape index (κ3) is 6.85. The van der Waals surface area contributed by atoms with Crippen LogP contribution in [0.3, 0.4) is 0 Å². The number of hydrogen-bond donors (Lipinski definition) is 1. The van der Waals surface area contributed by atoms with Crippen LogP contribution in [-0.2, 0) is 16.7 Å². The zero-order chi connectivity index (χ0) is 23.3. The summed E-state index contributed by atoms with van der Waals surface area (Å²) in [6.45, 7) is 0. The molecule has 0 aliphatic rings. The Labute approximate surface area is 195 Å². The summed E-state index contributed by atoms with van der Waals surface area (Å²) in [5.74, 6) is -0.325. The lowest BCUT2D eigenvalue weighted by Gasteiger charge is -2.18. The standard InChI is InChI=1S/C22H18BrF4O3PS/c23-19-11-15(3-10-20(19)30-31(28,29)22(26)27)13-32-21(16-4-8-18(25)9-5-16)12-14-1-6-17(24)7-2-14/h1-11,21-22H,12-13H2,(H,28,29). The third-order valence-corrected chi connectivity index (χ3v) is 7.41. The van der Waals surface area contributed by atoms with Crippen LogP contribution in [0.5, 0.6) is 5.75 Å². The van der Waals surface area contributed by atoms with Gasteiger partial charge in [-0.3, -0.25) is 0 Å². The second kappa shape index (κ2) is 10.9. The molecule has 32 heavy (non-hydrogen) atoms.